The van der Waals surface area contributed by atoms with Gasteiger partial charge in [0, 0.05) is 61.1 Å². The average Bonchev–Trinajstić information content (AvgIpc) is 3.09. The molecule has 2 aliphatic rings. The van der Waals surface area contributed by atoms with Crippen molar-refractivity contribution in [3.8, 4) is 22.8 Å². The normalized spacial score (nSPS) is 15.2. The van der Waals surface area contributed by atoms with E-state index in [-0.39, 0.29) is 6.03 Å². The highest BCUT2D eigenvalue weighted by Crippen LogP contribution is 2.31. The molecule has 0 radical (unpaired) electrons. The van der Waals surface area contributed by atoms with Crippen LogP contribution in [0.4, 0.5) is 27.8 Å². The van der Waals surface area contributed by atoms with E-state index in [0.29, 0.717) is 49.5 Å². The molecule has 2 aromatic heterocycles. The molecule has 11 nitrogen and oxygen atoms in total. The Hall–Kier alpha value is -3.91. The van der Waals surface area contributed by atoms with Crippen LogP contribution in [0.1, 0.15) is 0 Å². The first-order valence-electron chi connectivity index (χ1n) is 14.4. The third-order valence-electron chi connectivity index (χ3n) is 7.34. The Labute approximate surface area is 265 Å². The number of hydrogen-bond donors (Lipinski definition) is 2. The summed E-state index contributed by atoms with van der Waals surface area (Å²) in [5.41, 5.74) is 3.07. The van der Waals surface area contributed by atoms with Gasteiger partial charge in [-0.3, -0.25) is 0 Å². The van der Waals surface area contributed by atoms with Crippen molar-refractivity contribution in [2.45, 2.75) is 9.79 Å². The van der Waals surface area contributed by atoms with Gasteiger partial charge in [-0.25, -0.2) is 24.7 Å². The minimum atomic E-state index is -0.337. The summed E-state index contributed by atoms with van der Waals surface area (Å²) in [4.78, 5) is 38.2. The van der Waals surface area contributed by atoms with Crippen LogP contribution in [0.25, 0.3) is 22.8 Å². The molecule has 2 N–H and O–H groups in total. The van der Waals surface area contributed by atoms with Crippen molar-refractivity contribution in [1.82, 2.24) is 19.9 Å². The number of thioether (sulfide) groups is 2. The maximum atomic E-state index is 12.8. The number of benzene rings is 2. The van der Waals surface area contributed by atoms with E-state index in [1.54, 1.807) is 23.5 Å². The summed E-state index contributed by atoms with van der Waals surface area (Å²) in [6.45, 7) is 5.98. The van der Waals surface area contributed by atoms with Gasteiger partial charge < -0.3 is 29.9 Å². The van der Waals surface area contributed by atoms with Gasteiger partial charge in [0.05, 0.1) is 36.2 Å². The number of nitrogens with one attached hydrogen (secondary N) is 2. The summed E-state index contributed by atoms with van der Waals surface area (Å²) in [6.07, 6.45) is 7.81. The van der Waals surface area contributed by atoms with Gasteiger partial charge in [-0.1, -0.05) is 0 Å². The van der Waals surface area contributed by atoms with Crippen molar-refractivity contribution in [3.63, 3.8) is 0 Å². The zero-order valence-electron chi connectivity index (χ0n) is 24.7. The third kappa shape index (κ3) is 7.07. The van der Waals surface area contributed by atoms with Crippen LogP contribution in [-0.2, 0) is 9.47 Å². The monoisotopic (exact) mass is 630 g/mol. The van der Waals surface area contributed by atoms with E-state index in [9.17, 15) is 4.79 Å². The SMILES string of the molecule is CSc1cnc(-c2ccc(NC(=O)Nc3ccc(-c4ncc(SC)c(N5CCOCC5)n4)cc3)cc2)nc1N1CCOCC1. The number of morpholine rings is 2. The maximum absolute atomic E-state index is 12.8. The van der Waals surface area contributed by atoms with E-state index in [2.05, 4.69) is 30.4 Å². The molecule has 2 fully saturated rings. The van der Waals surface area contributed by atoms with Crippen molar-refractivity contribution in [3.05, 3.63) is 60.9 Å². The molecule has 44 heavy (non-hydrogen) atoms. The fraction of sp³-hybridized carbons (Fsp3) is 0.323. The maximum Gasteiger partial charge on any atom is 0.323 e. The van der Waals surface area contributed by atoms with Gasteiger partial charge >= 0.3 is 6.03 Å². The van der Waals surface area contributed by atoms with E-state index in [4.69, 9.17) is 19.4 Å². The molecule has 0 unspecified atom stereocenters. The Bertz CT molecular complexity index is 1460. The molecule has 0 aliphatic carbocycles. The fourth-order valence-corrected chi connectivity index (χ4v) is 6.02. The van der Waals surface area contributed by atoms with Crippen molar-refractivity contribution >= 4 is 52.6 Å². The fourth-order valence-electron chi connectivity index (χ4n) is 4.99. The van der Waals surface area contributed by atoms with E-state index in [1.807, 2.05) is 73.4 Å². The number of carbonyl (C=O) groups excluding carboxylic acids is 1. The molecule has 6 rings (SSSR count). The molecule has 2 aromatic carbocycles. The average molecular weight is 631 g/mol. The van der Waals surface area contributed by atoms with Crippen LogP contribution in [0.2, 0.25) is 0 Å². The zero-order chi connectivity index (χ0) is 30.3. The molecule has 0 spiro atoms. The van der Waals surface area contributed by atoms with Crippen LogP contribution in [0.3, 0.4) is 0 Å². The lowest BCUT2D eigenvalue weighted by atomic mass is 10.2. The zero-order valence-corrected chi connectivity index (χ0v) is 26.3. The highest BCUT2D eigenvalue weighted by atomic mass is 32.2. The molecule has 0 bridgehead atoms. The predicted molar refractivity (Wildman–Crippen MR) is 177 cm³/mol. The van der Waals surface area contributed by atoms with Crippen LogP contribution in [-0.4, -0.2) is 91.1 Å². The van der Waals surface area contributed by atoms with Crippen molar-refractivity contribution in [2.24, 2.45) is 0 Å². The minimum Gasteiger partial charge on any atom is -0.378 e. The molecule has 2 saturated heterocycles. The number of urea groups is 1. The summed E-state index contributed by atoms with van der Waals surface area (Å²) in [7, 11) is 0. The highest BCUT2D eigenvalue weighted by Gasteiger charge is 2.19. The lowest BCUT2D eigenvalue weighted by molar-refractivity contribution is 0.122. The Morgan fingerprint density at radius 3 is 1.41 bits per heavy atom. The highest BCUT2D eigenvalue weighted by molar-refractivity contribution is 7.99. The van der Waals surface area contributed by atoms with Crippen LogP contribution < -0.4 is 20.4 Å². The third-order valence-corrected chi connectivity index (χ3v) is 8.79. The molecule has 13 heteroatoms. The molecule has 2 amide bonds. The molecule has 2 aliphatic heterocycles. The largest absolute Gasteiger partial charge is 0.378 e. The van der Waals surface area contributed by atoms with Crippen molar-refractivity contribution < 1.29 is 14.3 Å². The number of hydrogen-bond acceptors (Lipinski definition) is 11. The summed E-state index contributed by atoms with van der Waals surface area (Å²) in [5.74, 6) is 3.15. The van der Waals surface area contributed by atoms with Crippen LogP contribution >= 0.6 is 23.5 Å². The smallest absolute Gasteiger partial charge is 0.323 e. The molecule has 4 heterocycles. The number of ether oxygens (including phenoxy) is 2. The first-order chi connectivity index (χ1) is 21.6. The van der Waals surface area contributed by atoms with Crippen LogP contribution in [0.15, 0.2) is 70.7 Å². The summed E-state index contributed by atoms with van der Waals surface area (Å²) in [5, 5.41) is 5.79. The minimum absolute atomic E-state index is 0.337. The Morgan fingerprint density at radius 1 is 0.659 bits per heavy atom. The van der Waals surface area contributed by atoms with Crippen molar-refractivity contribution in [2.75, 3.05) is 85.6 Å². The summed E-state index contributed by atoms with van der Waals surface area (Å²) >= 11 is 3.27. The van der Waals surface area contributed by atoms with Gasteiger partial charge in [-0.2, -0.15) is 0 Å². The van der Waals surface area contributed by atoms with E-state index >= 15 is 0 Å². The second-order valence-electron chi connectivity index (χ2n) is 10.1. The standard InChI is InChI=1S/C31H34N8O3S2/c1-43-25-19-32-27(36-29(25)38-11-15-41-16-12-38)21-3-7-23(8-4-21)34-31(40)35-24-9-5-22(6-10-24)28-33-20-26(44-2)30(37-28)39-13-17-42-18-14-39/h3-10,19-20H,11-18H2,1-2H3,(H2,34,35,40). The van der Waals surface area contributed by atoms with Gasteiger partial charge in [0.2, 0.25) is 0 Å². The van der Waals surface area contributed by atoms with Gasteiger partial charge in [0.25, 0.3) is 0 Å². The Morgan fingerprint density at radius 2 is 1.05 bits per heavy atom. The molecule has 0 atom stereocenters. The first-order valence-corrected chi connectivity index (χ1v) is 16.8. The van der Waals surface area contributed by atoms with Crippen LogP contribution in [0.5, 0.6) is 0 Å². The lowest BCUT2D eigenvalue weighted by Crippen LogP contribution is -2.37. The van der Waals surface area contributed by atoms with Gasteiger partial charge in [-0.05, 0) is 61.0 Å². The lowest BCUT2D eigenvalue weighted by Gasteiger charge is -2.29. The second-order valence-corrected chi connectivity index (χ2v) is 11.8. The van der Waals surface area contributed by atoms with Crippen LogP contribution in [0, 0.1) is 0 Å². The summed E-state index contributed by atoms with van der Waals surface area (Å²) in [6, 6.07) is 14.7. The molecule has 228 valence electrons. The number of nitrogens with zero attached hydrogens (tertiary/aromatic N) is 6. The van der Waals surface area contributed by atoms with E-state index in [0.717, 1.165) is 58.7 Å². The van der Waals surface area contributed by atoms with Crippen molar-refractivity contribution in [1.29, 1.82) is 0 Å². The number of anilines is 4. The van der Waals surface area contributed by atoms with E-state index in [1.165, 1.54) is 0 Å². The molecular weight excluding hydrogens is 597 g/mol. The topological polar surface area (TPSA) is 118 Å². The number of rotatable bonds is 8. The first kappa shape index (κ1) is 30.1. The number of aromatic nitrogens is 4. The number of carbonyl (C=O) groups is 1. The van der Waals surface area contributed by atoms with Gasteiger partial charge in [0.1, 0.15) is 11.6 Å². The molecular formula is C31H34N8O3S2. The molecule has 4 aromatic rings. The van der Waals surface area contributed by atoms with E-state index < -0.39 is 0 Å². The van der Waals surface area contributed by atoms with Gasteiger partial charge in [-0.15, -0.1) is 23.5 Å². The second kappa shape index (κ2) is 14.2. The Kier molecular flexibility index (Phi) is 9.76. The Balaban J connectivity index is 1.09. The molecule has 0 saturated carbocycles. The quantitative estimate of drug-likeness (QED) is 0.245. The summed E-state index contributed by atoms with van der Waals surface area (Å²) < 4.78 is 11.0. The van der Waals surface area contributed by atoms with Gasteiger partial charge in [0.15, 0.2) is 11.6 Å². The number of amides is 2. The predicted octanol–water partition coefficient (Wildman–Crippen LogP) is 5.36.